The molecule has 0 bridgehead atoms. The van der Waals surface area contributed by atoms with Crippen molar-refractivity contribution in [2.75, 3.05) is 11.8 Å². The molecule has 3 aromatic carbocycles. The van der Waals surface area contributed by atoms with Crippen LogP contribution >= 0.6 is 0 Å². The van der Waals surface area contributed by atoms with E-state index in [4.69, 9.17) is 4.74 Å². The summed E-state index contributed by atoms with van der Waals surface area (Å²) in [4.78, 5) is 11.4. The zero-order valence-corrected chi connectivity index (χ0v) is 16.0. The number of carbonyl (C=O) groups is 1. The van der Waals surface area contributed by atoms with E-state index in [1.807, 2.05) is 30.3 Å². The van der Waals surface area contributed by atoms with Crippen molar-refractivity contribution in [2.45, 2.75) is 5.75 Å². The molecule has 0 fully saturated rings. The number of hydrogen-bond acceptors (Lipinski definition) is 5. The lowest BCUT2D eigenvalue weighted by Crippen LogP contribution is -2.15. The smallest absolute Gasteiger partial charge is 0.337 e. The lowest BCUT2D eigenvalue weighted by atomic mass is 10.1. The average Bonchev–Trinajstić information content (AvgIpc) is 2.70. The maximum absolute atomic E-state index is 12.4. The Morgan fingerprint density at radius 2 is 1.46 bits per heavy atom. The van der Waals surface area contributed by atoms with Gasteiger partial charge in [0.25, 0.3) is 0 Å². The van der Waals surface area contributed by atoms with Gasteiger partial charge in [-0.1, -0.05) is 30.3 Å². The van der Waals surface area contributed by atoms with E-state index in [0.717, 1.165) is 0 Å². The van der Waals surface area contributed by atoms with Crippen molar-refractivity contribution in [1.82, 2.24) is 0 Å². The van der Waals surface area contributed by atoms with E-state index in [2.05, 4.69) is 9.46 Å². The molecule has 3 aromatic rings. The molecule has 0 aliphatic carbocycles. The second-order valence-electron chi connectivity index (χ2n) is 5.99. The quantitative estimate of drug-likeness (QED) is 0.604. The molecule has 0 unspecified atom stereocenters. The molecular formula is C21H19NO5S. The van der Waals surface area contributed by atoms with Crippen molar-refractivity contribution in [1.29, 1.82) is 0 Å². The fourth-order valence-corrected chi connectivity index (χ4v) is 3.70. The fraction of sp³-hybridized carbons (Fsp3) is 0.0952. The summed E-state index contributed by atoms with van der Waals surface area (Å²) in [7, 11) is -2.31. The maximum atomic E-state index is 12.4. The number of esters is 1. The minimum Gasteiger partial charge on any atom is -0.465 e. The highest BCUT2D eigenvalue weighted by atomic mass is 32.2. The third-order valence-corrected chi connectivity index (χ3v) is 5.10. The van der Waals surface area contributed by atoms with Crippen LogP contribution in [-0.2, 0) is 20.5 Å². The number of nitrogens with one attached hydrogen (secondary N) is 1. The Hall–Kier alpha value is -3.32. The minimum absolute atomic E-state index is 0.212. The molecular weight excluding hydrogens is 378 g/mol. The van der Waals surface area contributed by atoms with E-state index >= 15 is 0 Å². The van der Waals surface area contributed by atoms with Crippen LogP contribution in [0.4, 0.5) is 5.69 Å². The zero-order chi connectivity index (χ0) is 20.0. The molecule has 0 heterocycles. The summed E-state index contributed by atoms with van der Waals surface area (Å²) in [5, 5.41) is 0. The molecule has 28 heavy (non-hydrogen) atoms. The van der Waals surface area contributed by atoms with Gasteiger partial charge in [-0.05, 0) is 54.1 Å². The fourth-order valence-electron chi connectivity index (χ4n) is 2.51. The molecule has 0 aromatic heterocycles. The molecule has 1 N–H and O–H groups in total. The van der Waals surface area contributed by atoms with Gasteiger partial charge in [-0.25, -0.2) is 13.2 Å². The normalized spacial score (nSPS) is 10.9. The van der Waals surface area contributed by atoms with Crippen LogP contribution in [0.3, 0.4) is 0 Å². The van der Waals surface area contributed by atoms with Crippen molar-refractivity contribution in [3.05, 3.63) is 90.0 Å². The van der Waals surface area contributed by atoms with Crippen LogP contribution < -0.4 is 9.46 Å². The molecule has 7 heteroatoms. The van der Waals surface area contributed by atoms with Gasteiger partial charge >= 0.3 is 5.97 Å². The summed E-state index contributed by atoms with van der Waals surface area (Å²) >= 11 is 0. The van der Waals surface area contributed by atoms with Gasteiger partial charge in [0.2, 0.25) is 10.0 Å². The molecule has 0 aliphatic heterocycles. The monoisotopic (exact) mass is 397 g/mol. The van der Waals surface area contributed by atoms with E-state index < -0.39 is 16.0 Å². The van der Waals surface area contributed by atoms with Gasteiger partial charge in [-0.2, -0.15) is 0 Å². The van der Waals surface area contributed by atoms with Gasteiger partial charge in [-0.15, -0.1) is 0 Å². The standard InChI is InChI=1S/C21H19NO5S/c1-26-21(23)17-9-7-16(8-10-17)15-28(24,25)22-18-11-13-20(14-12-18)27-19-5-3-2-4-6-19/h2-14,22H,15H2,1H3. The van der Waals surface area contributed by atoms with Crippen LogP contribution in [0.5, 0.6) is 11.5 Å². The summed E-state index contributed by atoms with van der Waals surface area (Å²) in [6.45, 7) is 0. The Balaban J connectivity index is 1.62. The van der Waals surface area contributed by atoms with Crippen LogP contribution in [0, 0.1) is 0 Å². The van der Waals surface area contributed by atoms with Gasteiger partial charge in [0, 0.05) is 5.69 Å². The molecule has 6 nitrogen and oxygen atoms in total. The van der Waals surface area contributed by atoms with Gasteiger partial charge in [0.05, 0.1) is 18.4 Å². The predicted molar refractivity (Wildman–Crippen MR) is 107 cm³/mol. The molecule has 0 aliphatic rings. The molecule has 0 amide bonds. The van der Waals surface area contributed by atoms with Gasteiger partial charge in [-0.3, -0.25) is 4.72 Å². The maximum Gasteiger partial charge on any atom is 0.337 e. The first-order valence-corrected chi connectivity index (χ1v) is 10.1. The van der Waals surface area contributed by atoms with E-state index in [9.17, 15) is 13.2 Å². The Morgan fingerprint density at radius 3 is 2.07 bits per heavy atom. The first-order chi connectivity index (χ1) is 13.4. The van der Waals surface area contributed by atoms with Crippen LogP contribution in [-0.4, -0.2) is 21.5 Å². The first kappa shape index (κ1) is 19.4. The van der Waals surface area contributed by atoms with Crippen molar-refractivity contribution in [3.63, 3.8) is 0 Å². The molecule has 0 saturated carbocycles. The Kier molecular flexibility index (Phi) is 5.96. The number of rotatable bonds is 7. The van der Waals surface area contributed by atoms with Crippen LogP contribution in [0.15, 0.2) is 78.9 Å². The third kappa shape index (κ3) is 5.34. The lowest BCUT2D eigenvalue weighted by molar-refractivity contribution is 0.0600. The van der Waals surface area contributed by atoms with Gasteiger partial charge in [0.15, 0.2) is 0 Å². The summed E-state index contributed by atoms with van der Waals surface area (Å²) < 4.78 is 37.6. The number of ether oxygens (including phenoxy) is 2. The number of carbonyl (C=O) groups excluding carboxylic acids is 1. The van der Waals surface area contributed by atoms with Crippen LogP contribution in [0.2, 0.25) is 0 Å². The van der Waals surface area contributed by atoms with Crippen molar-refractivity contribution < 1.29 is 22.7 Å². The average molecular weight is 397 g/mol. The highest BCUT2D eigenvalue weighted by molar-refractivity contribution is 7.91. The largest absolute Gasteiger partial charge is 0.465 e. The first-order valence-electron chi connectivity index (χ1n) is 8.46. The Bertz CT molecular complexity index is 1030. The number of hydrogen-bond donors (Lipinski definition) is 1. The topological polar surface area (TPSA) is 81.7 Å². The van der Waals surface area contributed by atoms with Crippen LogP contribution in [0.1, 0.15) is 15.9 Å². The number of methoxy groups -OCH3 is 1. The minimum atomic E-state index is -3.61. The number of anilines is 1. The summed E-state index contributed by atoms with van der Waals surface area (Å²) in [6.07, 6.45) is 0. The van der Waals surface area contributed by atoms with Crippen molar-refractivity contribution >= 4 is 21.7 Å². The molecule has 0 saturated heterocycles. The Morgan fingerprint density at radius 1 is 0.857 bits per heavy atom. The van der Waals surface area contributed by atoms with E-state index in [0.29, 0.717) is 28.3 Å². The second-order valence-corrected chi connectivity index (χ2v) is 7.71. The number of sulfonamides is 1. The van der Waals surface area contributed by atoms with Crippen molar-refractivity contribution in [2.24, 2.45) is 0 Å². The molecule has 0 spiro atoms. The molecule has 0 atom stereocenters. The Labute approximate surface area is 163 Å². The summed E-state index contributed by atoms with van der Waals surface area (Å²) in [5.41, 5.74) is 1.36. The summed E-state index contributed by atoms with van der Waals surface area (Å²) in [6, 6.07) is 22.2. The van der Waals surface area contributed by atoms with Crippen LogP contribution in [0.25, 0.3) is 0 Å². The third-order valence-electron chi connectivity index (χ3n) is 3.84. The second kappa shape index (κ2) is 8.58. The highest BCUT2D eigenvalue weighted by Gasteiger charge is 2.13. The van der Waals surface area contributed by atoms with Gasteiger partial charge in [0.1, 0.15) is 11.5 Å². The highest BCUT2D eigenvalue weighted by Crippen LogP contribution is 2.23. The molecule has 144 valence electrons. The van der Waals surface area contributed by atoms with E-state index in [-0.39, 0.29) is 5.75 Å². The summed E-state index contributed by atoms with van der Waals surface area (Å²) in [5.74, 6) is 0.626. The molecule has 3 rings (SSSR count). The lowest BCUT2D eigenvalue weighted by Gasteiger charge is -2.10. The van der Waals surface area contributed by atoms with E-state index in [1.54, 1.807) is 36.4 Å². The number of para-hydroxylation sites is 1. The zero-order valence-electron chi connectivity index (χ0n) is 15.2. The molecule has 0 radical (unpaired) electrons. The van der Waals surface area contributed by atoms with Crippen molar-refractivity contribution in [3.8, 4) is 11.5 Å². The predicted octanol–water partition coefficient (Wildman–Crippen LogP) is 4.21. The number of benzene rings is 3. The SMILES string of the molecule is COC(=O)c1ccc(CS(=O)(=O)Nc2ccc(Oc3ccccc3)cc2)cc1. The van der Waals surface area contributed by atoms with Gasteiger partial charge < -0.3 is 9.47 Å². The van der Waals surface area contributed by atoms with E-state index in [1.165, 1.54) is 19.2 Å².